The molecule has 5 rings (SSSR count). The average Bonchev–Trinajstić information content (AvgIpc) is 3.19. The topological polar surface area (TPSA) is 58.6 Å². The van der Waals surface area contributed by atoms with Crippen molar-refractivity contribution in [2.24, 2.45) is 0 Å². The van der Waals surface area contributed by atoms with Gasteiger partial charge in [0.15, 0.2) is 0 Å². The van der Waals surface area contributed by atoms with Gasteiger partial charge in [0, 0.05) is 79.9 Å². The Kier molecular flexibility index (Phi) is 5.46. The summed E-state index contributed by atoms with van der Waals surface area (Å²) in [5.41, 5.74) is 5.83. The molecule has 0 spiro atoms. The van der Waals surface area contributed by atoms with E-state index in [-0.39, 0.29) is 6.10 Å². The molecule has 6 nitrogen and oxygen atoms in total. The molecule has 30 heavy (non-hydrogen) atoms. The number of piperazine rings is 1. The monoisotopic (exact) mass is 405 g/mol. The number of benzene rings is 1. The normalized spacial score (nSPS) is 19.6. The van der Waals surface area contributed by atoms with Gasteiger partial charge in [-0.25, -0.2) is 0 Å². The zero-order chi connectivity index (χ0) is 20.5. The van der Waals surface area contributed by atoms with Crippen LogP contribution in [0.3, 0.4) is 0 Å². The van der Waals surface area contributed by atoms with Crippen LogP contribution in [0.2, 0.25) is 0 Å². The molecule has 0 atom stereocenters. The van der Waals surface area contributed by atoms with E-state index in [4.69, 9.17) is 4.98 Å². The van der Waals surface area contributed by atoms with Crippen molar-refractivity contribution >= 4 is 16.6 Å². The van der Waals surface area contributed by atoms with Crippen LogP contribution in [0.5, 0.6) is 0 Å². The maximum atomic E-state index is 9.74. The number of aromatic amines is 1. The highest BCUT2D eigenvalue weighted by molar-refractivity contribution is 5.93. The Hall–Kier alpha value is -2.41. The molecule has 158 valence electrons. The number of fused-ring (bicyclic) bond motifs is 1. The van der Waals surface area contributed by atoms with Crippen LogP contribution >= 0.6 is 0 Å². The minimum absolute atomic E-state index is 0.131. The fourth-order valence-electron chi connectivity index (χ4n) is 4.64. The smallest absolute Gasteiger partial charge is 0.0795 e. The number of pyridine rings is 1. The predicted octanol–water partition coefficient (Wildman–Crippen LogP) is 2.94. The Morgan fingerprint density at radius 2 is 1.73 bits per heavy atom. The SMILES string of the molecule is CN1CCN(c2ccc(-c3nccc4[nH]c(CN5CCC(O)CC5)cc34)cc2)CC1. The number of aliphatic hydroxyl groups is 1. The van der Waals surface area contributed by atoms with E-state index < -0.39 is 0 Å². The Balaban J connectivity index is 1.36. The summed E-state index contributed by atoms with van der Waals surface area (Å²) in [4.78, 5) is 15.5. The second-order valence-electron chi connectivity index (χ2n) is 8.76. The van der Waals surface area contributed by atoms with Gasteiger partial charge in [-0.05, 0) is 44.2 Å². The number of hydrogen-bond donors (Lipinski definition) is 2. The number of likely N-dealkylation sites (tertiary alicyclic amines) is 1. The summed E-state index contributed by atoms with van der Waals surface area (Å²) in [6, 6.07) is 13.2. The molecule has 0 amide bonds. The van der Waals surface area contributed by atoms with Gasteiger partial charge in [-0.3, -0.25) is 9.88 Å². The predicted molar refractivity (Wildman–Crippen MR) is 122 cm³/mol. The van der Waals surface area contributed by atoms with E-state index in [9.17, 15) is 5.11 Å². The van der Waals surface area contributed by atoms with Gasteiger partial charge in [-0.1, -0.05) is 12.1 Å². The van der Waals surface area contributed by atoms with Gasteiger partial charge < -0.3 is 19.9 Å². The minimum Gasteiger partial charge on any atom is -0.393 e. The lowest BCUT2D eigenvalue weighted by atomic mass is 10.1. The first kappa shape index (κ1) is 19.5. The summed E-state index contributed by atoms with van der Waals surface area (Å²) in [6.07, 6.45) is 3.50. The highest BCUT2D eigenvalue weighted by Gasteiger charge is 2.18. The molecular formula is C24H31N5O. The average molecular weight is 406 g/mol. The largest absolute Gasteiger partial charge is 0.393 e. The van der Waals surface area contributed by atoms with Crippen molar-refractivity contribution in [3.05, 3.63) is 48.3 Å². The third-order valence-corrected chi connectivity index (χ3v) is 6.56. The number of likely N-dealkylation sites (N-methyl/N-ethyl adjacent to an activating group) is 1. The molecule has 0 saturated carbocycles. The lowest BCUT2D eigenvalue weighted by Crippen LogP contribution is -2.44. The molecule has 0 radical (unpaired) electrons. The number of aromatic nitrogens is 2. The van der Waals surface area contributed by atoms with E-state index >= 15 is 0 Å². The van der Waals surface area contributed by atoms with Gasteiger partial charge >= 0.3 is 0 Å². The Morgan fingerprint density at radius 3 is 2.47 bits per heavy atom. The molecule has 2 fully saturated rings. The van der Waals surface area contributed by atoms with Crippen molar-refractivity contribution in [2.45, 2.75) is 25.5 Å². The van der Waals surface area contributed by atoms with Crippen LogP contribution in [0.15, 0.2) is 42.6 Å². The number of nitrogens with one attached hydrogen (secondary N) is 1. The molecule has 0 unspecified atom stereocenters. The number of anilines is 1. The first-order valence-corrected chi connectivity index (χ1v) is 11.1. The molecular weight excluding hydrogens is 374 g/mol. The summed E-state index contributed by atoms with van der Waals surface area (Å²) in [6.45, 7) is 7.19. The summed E-state index contributed by atoms with van der Waals surface area (Å²) in [5.74, 6) is 0. The highest BCUT2D eigenvalue weighted by atomic mass is 16.3. The third kappa shape index (κ3) is 4.08. The van der Waals surface area contributed by atoms with Crippen LogP contribution in [0.1, 0.15) is 18.5 Å². The molecule has 2 N–H and O–H groups in total. The quantitative estimate of drug-likeness (QED) is 0.699. The molecule has 2 aliphatic rings. The van der Waals surface area contributed by atoms with E-state index in [1.54, 1.807) is 0 Å². The highest BCUT2D eigenvalue weighted by Crippen LogP contribution is 2.29. The second-order valence-corrected chi connectivity index (χ2v) is 8.76. The maximum Gasteiger partial charge on any atom is 0.0795 e. The van der Waals surface area contributed by atoms with Crippen molar-refractivity contribution < 1.29 is 5.11 Å². The number of aliphatic hydroxyl groups excluding tert-OH is 1. The summed E-state index contributed by atoms with van der Waals surface area (Å²) in [7, 11) is 2.19. The zero-order valence-electron chi connectivity index (χ0n) is 17.7. The van der Waals surface area contributed by atoms with E-state index in [0.717, 1.165) is 75.4 Å². The van der Waals surface area contributed by atoms with Crippen LogP contribution < -0.4 is 4.90 Å². The van der Waals surface area contributed by atoms with Crippen LogP contribution in [-0.4, -0.2) is 77.3 Å². The Morgan fingerprint density at radius 1 is 1.00 bits per heavy atom. The second kappa shape index (κ2) is 8.38. The summed E-state index contributed by atoms with van der Waals surface area (Å²) < 4.78 is 0. The summed E-state index contributed by atoms with van der Waals surface area (Å²) >= 11 is 0. The Bertz CT molecular complexity index is 983. The fraction of sp³-hybridized carbons (Fsp3) is 0.458. The van der Waals surface area contributed by atoms with E-state index in [1.807, 2.05) is 6.20 Å². The minimum atomic E-state index is -0.131. The molecule has 2 saturated heterocycles. The van der Waals surface area contributed by atoms with E-state index in [0.29, 0.717) is 0 Å². The van der Waals surface area contributed by atoms with E-state index in [2.05, 4.69) is 63.1 Å². The van der Waals surface area contributed by atoms with E-state index in [1.165, 1.54) is 16.8 Å². The van der Waals surface area contributed by atoms with Crippen molar-refractivity contribution in [3.8, 4) is 11.3 Å². The van der Waals surface area contributed by atoms with Crippen molar-refractivity contribution in [1.82, 2.24) is 19.8 Å². The van der Waals surface area contributed by atoms with Gasteiger partial charge in [-0.15, -0.1) is 0 Å². The molecule has 0 aliphatic carbocycles. The maximum absolute atomic E-state index is 9.74. The summed E-state index contributed by atoms with van der Waals surface area (Å²) in [5, 5.41) is 10.9. The van der Waals surface area contributed by atoms with Gasteiger partial charge in [0.25, 0.3) is 0 Å². The van der Waals surface area contributed by atoms with Crippen LogP contribution in [-0.2, 0) is 6.54 Å². The fourth-order valence-corrected chi connectivity index (χ4v) is 4.64. The molecule has 2 aromatic heterocycles. The number of piperidine rings is 1. The van der Waals surface area contributed by atoms with Crippen LogP contribution in [0, 0.1) is 0 Å². The van der Waals surface area contributed by atoms with Crippen LogP contribution in [0.25, 0.3) is 22.2 Å². The van der Waals surface area contributed by atoms with Gasteiger partial charge in [0.2, 0.25) is 0 Å². The van der Waals surface area contributed by atoms with Gasteiger partial charge in [0.1, 0.15) is 0 Å². The molecule has 6 heteroatoms. The van der Waals surface area contributed by atoms with Gasteiger partial charge in [0.05, 0.1) is 11.8 Å². The van der Waals surface area contributed by atoms with Gasteiger partial charge in [-0.2, -0.15) is 0 Å². The molecule has 1 aromatic carbocycles. The van der Waals surface area contributed by atoms with Crippen molar-refractivity contribution in [2.75, 3.05) is 51.2 Å². The number of rotatable bonds is 4. The Labute approximate surface area is 178 Å². The standard InChI is InChI=1S/C24H31N5O/c1-27-12-14-29(15-13-27)20-4-2-18(3-5-20)24-22-16-19(26-23(22)6-9-25-24)17-28-10-7-21(30)8-11-28/h2-6,9,16,21,26,30H,7-8,10-15,17H2,1H3. The molecule has 0 bridgehead atoms. The number of hydrogen-bond acceptors (Lipinski definition) is 5. The lowest BCUT2D eigenvalue weighted by molar-refractivity contribution is 0.0788. The third-order valence-electron chi connectivity index (χ3n) is 6.56. The first-order valence-electron chi connectivity index (χ1n) is 11.1. The molecule has 4 heterocycles. The number of nitrogens with zero attached hydrogens (tertiary/aromatic N) is 4. The van der Waals surface area contributed by atoms with Crippen molar-refractivity contribution in [3.63, 3.8) is 0 Å². The first-order chi connectivity index (χ1) is 14.7. The lowest BCUT2D eigenvalue weighted by Gasteiger charge is -2.34. The van der Waals surface area contributed by atoms with Crippen LogP contribution in [0.4, 0.5) is 5.69 Å². The number of H-pyrrole nitrogens is 1. The molecule has 3 aromatic rings. The zero-order valence-corrected chi connectivity index (χ0v) is 17.7. The molecule has 2 aliphatic heterocycles. The van der Waals surface area contributed by atoms with Crippen molar-refractivity contribution in [1.29, 1.82) is 0 Å².